The van der Waals surface area contributed by atoms with Crippen molar-refractivity contribution in [1.29, 1.82) is 0 Å². The molecule has 2 aromatic carbocycles. The maximum atomic E-state index is 8.96. The van der Waals surface area contributed by atoms with Crippen LogP contribution in [-0.2, 0) is 17.8 Å². The first-order valence-corrected chi connectivity index (χ1v) is 10.3. The van der Waals surface area contributed by atoms with Crippen molar-refractivity contribution in [3.63, 3.8) is 0 Å². The number of aliphatic hydroxyl groups excluding tert-OH is 1. The summed E-state index contributed by atoms with van der Waals surface area (Å²) >= 11 is 0. The number of ether oxygens (including phenoxy) is 1. The fourth-order valence-corrected chi connectivity index (χ4v) is 3.57. The number of rotatable bonds is 8. The minimum Gasteiger partial charge on any atom is -0.394 e. The predicted molar refractivity (Wildman–Crippen MR) is 115 cm³/mol. The number of aliphatic hydroxyl groups is 3. The van der Waals surface area contributed by atoms with Gasteiger partial charge in [0.15, 0.2) is 5.79 Å². The van der Waals surface area contributed by atoms with Crippen LogP contribution in [0.1, 0.15) is 44.2 Å². The average Bonchev–Trinajstić information content (AvgIpc) is 3.15. The monoisotopic (exact) mass is 401 g/mol. The number of benzene rings is 2. The third-order valence-corrected chi connectivity index (χ3v) is 4.78. The standard InChI is InChI=1S/C21H27NO2.C3H8O2/c23-13-14-24-21-12-11-20(15-21)22(16-18-7-3-1-4-8-18)17-19-9-5-2-6-10-19;1-3(2,4)5/h1-10,20-21,23H,11-17H2;4-5H,1-2H3. The van der Waals surface area contributed by atoms with Gasteiger partial charge in [-0.3, -0.25) is 4.90 Å². The van der Waals surface area contributed by atoms with Gasteiger partial charge in [0.2, 0.25) is 0 Å². The highest BCUT2D eigenvalue weighted by atomic mass is 16.5. The summed E-state index contributed by atoms with van der Waals surface area (Å²) in [5, 5.41) is 25.1. The fraction of sp³-hybridized carbons (Fsp3) is 0.500. The number of nitrogens with zero attached hydrogens (tertiary/aromatic N) is 1. The Morgan fingerprint density at radius 1 is 0.897 bits per heavy atom. The van der Waals surface area contributed by atoms with E-state index in [9.17, 15) is 0 Å². The van der Waals surface area contributed by atoms with Gasteiger partial charge in [0.25, 0.3) is 0 Å². The minimum absolute atomic E-state index is 0.110. The molecule has 3 N–H and O–H groups in total. The summed E-state index contributed by atoms with van der Waals surface area (Å²) in [6.45, 7) is 5.09. The Morgan fingerprint density at radius 2 is 1.38 bits per heavy atom. The highest BCUT2D eigenvalue weighted by molar-refractivity contribution is 5.17. The second-order valence-corrected chi connectivity index (χ2v) is 8.05. The van der Waals surface area contributed by atoms with Crippen LogP contribution in [0.3, 0.4) is 0 Å². The van der Waals surface area contributed by atoms with Gasteiger partial charge in [0, 0.05) is 19.1 Å². The lowest BCUT2D eigenvalue weighted by molar-refractivity contribution is -0.127. The molecule has 29 heavy (non-hydrogen) atoms. The van der Waals surface area contributed by atoms with Crippen LogP contribution in [0.2, 0.25) is 0 Å². The van der Waals surface area contributed by atoms with Crippen molar-refractivity contribution < 1.29 is 20.1 Å². The summed E-state index contributed by atoms with van der Waals surface area (Å²) in [6, 6.07) is 21.9. The highest BCUT2D eigenvalue weighted by Gasteiger charge is 2.29. The Balaban J connectivity index is 0.000000537. The van der Waals surface area contributed by atoms with E-state index < -0.39 is 5.79 Å². The van der Waals surface area contributed by atoms with Crippen LogP contribution in [-0.4, -0.2) is 51.4 Å². The molecule has 2 atom stereocenters. The van der Waals surface area contributed by atoms with Gasteiger partial charge in [-0.2, -0.15) is 0 Å². The number of hydrogen-bond acceptors (Lipinski definition) is 5. The predicted octanol–water partition coefficient (Wildman–Crippen LogP) is 3.33. The van der Waals surface area contributed by atoms with Crippen molar-refractivity contribution in [3.8, 4) is 0 Å². The summed E-state index contributed by atoms with van der Waals surface area (Å²) in [6.07, 6.45) is 3.59. The van der Waals surface area contributed by atoms with Gasteiger partial charge >= 0.3 is 0 Å². The summed E-state index contributed by atoms with van der Waals surface area (Å²) in [5.41, 5.74) is 2.71. The minimum atomic E-state index is -1.50. The molecule has 5 heteroatoms. The lowest BCUT2D eigenvalue weighted by Gasteiger charge is -2.29. The molecule has 0 heterocycles. The van der Waals surface area contributed by atoms with Gasteiger partial charge in [-0.15, -0.1) is 0 Å². The van der Waals surface area contributed by atoms with E-state index in [1.54, 1.807) is 0 Å². The lowest BCUT2D eigenvalue weighted by Crippen LogP contribution is -2.33. The van der Waals surface area contributed by atoms with Crippen molar-refractivity contribution in [3.05, 3.63) is 71.8 Å². The SMILES string of the molecule is CC(C)(O)O.OCCOC1CCC(N(Cc2ccccc2)Cc2ccccc2)C1. The van der Waals surface area contributed by atoms with Crippen molar-refractivity contribution in [2.24, 2.45) is 0 Å². The molecular formula is C24H35NO4. The fourth-order valence-electron chi connectivity index (χ4n) is 3.57. The van der Waals surface area contributed by atoms with Gasteiger partial charge in [0.05, 0.1) is 19.3 Å². The summed E-state index contributed by atoms with van der Waals surface area (Å²) in [4.78, 5) is 2.58. The Morgan fingerprint density at radius 3 is 1.83 bits per heavy atom. The molecule has 1 aliphatic carbocycles. The first-order chi connectivity index (χ1) is 13.8. The van der Waals surface area contributed by atoms with Crippen LogP contribution in [0, 0.1) is 0 Å². The molecule has 3 rings (SSSR count). The van der Waals surface area contributed by atoms with Crippen LogP contribution in [0.25, 0.3) is 0 Å². The molecule has 1 saturated carbocycles. The first-order valence-electron chi connectivity index (χ1n) is 10.3. The Labute approximate surface area is 174 Å². The van der Waals surface area contributed by atoms with Crippen LogP contribution in [0.4, 0.5) is 0 Å². The van der Waals surface area contributed by atoms with Crippen LogP contribution >= 0.6 is 0 Å². The zero-order valence-electron chi connectivity index (χ0n) is 17.6. The molecule has 2 unspecified atom stereocenters. The van der Waals surface area contributed by atoms with E-state index in [-0.39, 0.29) is 12.7 Å². The second-order valence-electron chi connectivity index (χ2n) is 8.05. The topological polar surface area (TPSA) is 73.2 Å². The van der Waals surface area contributed by atoms with Crippen molar-refractivity contribution >= 4 is 0 Å². The van der Waals surface area contributed by atoms with Gasteiger partial charge in [-0.25, -0.2) is 0 Å². The molecule has 0 aliphatic heterocycles. The molecule has 0 saturated heterocycles. The maximum Gasteiger partial charge on any atom is 0.156 e. The van der Waals surface area contributed by atoms with E-state index in [1.807, 2.05) is 0 Å². The molecule has 1 fully saturated rings. The highest BCUT2D eigenvalue weighted by Crippen LogP contribution is 2.29. The molecule has 0 radical (unpaired) electrons. The second kappa shape index (κ2) is 12.1. The van der Waals surface area contributed by atoms with Crippen LogP contribution < -0.4 is 0 Å². The molecule has 0 amide bonds. The molecule has 1 aliphatic rings. The third-order valence-electron chi connectivity index (χ3n) is 4.78. The summed E-state index contributed by atoms with van der Waals surface area (Å²) in [5.74, 6) is -1.50. The Kier molecular flexibility index (Phi) is 9.78. The first kappa shape index (κ1) is 23.5. The molecule has 2 aromatic rings. The van der Waals surface area contributed by atoms with E-state index >= 15 is 0 Å². The normalized spacial score (nSPS) is 19.1. The smallest absolute Gasteiger partial charge is 0.156 e. The molecule has 160 valence electrons. The molecule has 5 nitrogen and oxygen atoms in total. The quantitative estimate of drug-likeness (QED) is 0.592. The van der Waals surface area contributed by atoms with E-state index in [2.05, 4.69) is 65.6 Å². The molecule has 0 spiro atoms. The van der Waals surface area contributed by atoms with Crippen molar-refractivity contribution in [2.45, 2.75) is 64.1 Å². The Hall–Kier alpha value is -1.76. The zero-order chi connectivity index (χ0) is 21.1. The maximum absolute atomic E-state index is 8.96. The molecule has 0 bridgehead atoms. The van der Waals surface area contributed by atoms with E-state index in [0.29, 0.717) is 12.6 Å². The molecule has 0 aromatic heterocycles. The van der Waals surface area contributed by atoms with Crippen LogP contribution in [0.15, 0.2) is 60.7 Å². The van der Waals surface area contributed by atoms with Crippen LogP contribution in [0.5, 0.6) is 0 Å². The lowest BCUT2D eigenvalue weighted by atomic mass is 10.1. The van der Waals surface area contributed by atoms with Crippen molar-refractivity contribution in [2.75, 3.05) is 13.2 Å². The Bertz CT molecular complexity index is 625. The van der Waals surface area contributed by atoms with E-state index in [0.717, 1.165) is 32.4 Å². The summed E-state index contributed by atoms with van der Waals surface area (Å²) in [7, 11) is 0. The van der Waals surface area contributed by atoms with Gasteiger partial charge in [-0.1, -0.05) is 60.7 Å². The third kappa shape index (κ3) is 10.0. The largest absolute Gasteiger partial charge is 0.394 e. The molecular weight excluding hydrogens is 366 g/mol. The number of hydrogen-bond donors (Lipinski definition) is 3. The van der Waals surface area contributed by atoms with Gasteiger partial charge in [0.1, 0.15) is 0 Å². The summed E-state index contributed by atoms with van der Waals surface area (Å²) < 4.78 is 5.76. The van der Waals surface area contributed by atoms with Crippen molar-refractivity contribution in [1.82, 2.24) is 4.90 Å². The van der Waals surface area contributed by atoms with E-state index in [1.165, 1.54) is 25.0 Å². The average molecular weight is 402 g/mol. The zero-order valence-corrected chi connectivity index (χ0v) is 17.6. The van der Waals surface area contributed by atoms with Gasteiger partial charge < -0.3 is 20.1 Å². The van der Waals surface area contributed by atoms with Gasteiger partial charge in [-0.05, 0) is 44.2 Å². The van der Waals surface area contributed by atoms with E-state index in [4.69, 9.17) is 20.1 Å².